The number of likely N-dealkylation sites (tertiary alicyclic amines) is 1. The highest BCUT2D eigenvalue weighted by Crippen LogP contribution is 2.26. The predicted molar refractivity (Wildman–Crippen MR) is 119 cm³/mol. The topological polar surface area (TPSA) is 79.0 Å². The van der Waals surface area contributed by atoms with Crippen molar-refractivity contribution in [3.05, 3.63) is 54.3 Å². The first-order valence-corrected chi connectivity index (χ1v) is 10.7. The number of hydrogen-bond donors (Lipinski definition) is 1. The number of para-hydroxylation sites is 1. The fourth-order valence-corrected chi connectivity index (χ4v) is 3.57. The zero-order valence-corrected chi connectivity index (χ0v) is 18.3. The molecule has 1 N–H and O–H groups in total. The first kappa shape index (κ1) is 23.2. The van der Waals surface area contributed by atoms with Gasteiger partial charge in [0.1, 0.15) is 11.8 Å². The molecule has 1 saturated heterocycles. The zero-order chi connectivity index (χ0) is 23.1. The number of ether oxygens (including phenoxy) is 1. The lowest BCUT2D eigenvalue weighted by Gasteiger charge is -2.34. The molecular formula is C24H28FN3O4. The van der Waals surface area contributed by atoms with Crippen LogP contribution in [0.1, 0.15) is 32.1 Å². The number of anilines is 1. The highest BCUT2D eigenvalue weighted by atomic mass is 19.1. The Morgan fingerprint density at radius 3 is 2.47 bits per heavy atom. The smallest absolute Gasteiger partial charge is 0.247 e. The van der Waals surface area contributed by atoms with E-state index in [0.29, 0.717) is 24.4 Å². The largest absolute Gasteiger partial charge is 0.454 e. The van der Waals surface area contributed by atoms with Gasteiger partial charge in [-0.2, -0.15) is 0 Å². The van der Waals surface area contributed by atoms with E-state index in [0.717, 1.165) is 12.8 Å². The van der Waals surface area contributed by atoms with Crippen molar-refractivity contribution >= 4 is 23.4 Å². The zero-order valence-electron chi connectivity index (χ0n) is 18.3. The number of halogens is 1. The molecular weight excluding hydrogens is 413 g/mol. The van der Waals surface area contributed by atoms with E-state index in [9.17, 15) is 18.8 Å². The summed E-state index contributed by atoms with van der Waals surface area (Å²) in [5, 5.41) is 2.84. The van der Waals surface area contributed by atoms with Crippen molar-refractivity contribution in [2.75, 3.05) is 26.0 Å². The van der Waals surface area contributed by atoms with Gasteiger partial charge < -0.3 is 19.9 Å². The third kappa shape index (κ3) is 6.06. The van der Waals surface area contributed by atoms with Crippen LogP contribution in [0.2, 0.25) is 0 Å². The number of nitrogens with one attached hydrogen (secondary N) is 1. The maximum absolute atomic E-state index is 13.7. The molecule has 2 aromatic carbocycles. The predicted octanol–water partition coefficient (Wildman–Crippen LogP) is 3.81. The first-order valence-electron chi connectivity index (χ1n) is 10.7. The molecule has 1 atom stereocenters. The minimum atomic E-state index is -0.569. The van der Waals surface area contributed by atoms with E-state index >= 15 is 0 Å². The fourth-order valence-electron chi connectivity index (χ4n) is 3.57. The molecule has 8 heteroatoms. The number of carbonyl (C=O) groups excluding carboxylic acids is 3. The lowest BCUT2D eigenvalue weighted by Crippen LogP contribution is -2.50. The second-order valence-electron chi connectivity index (χ2n) is 7.93. The van der Waals surface area contributed by atoms with Crippen LogP contribution in [-0.4, -0.2) is 54.2 Å². The van der Waals surface area contributed by atoms with Gasteiger partial charge >= 0.3 is 0 Å². The Kier molecular flexibility index (Phi) is 7.81. The highest BCUT2D eigenvalue weighted by molar-refractivity contribution is 5.97. The minimum absolute atomic E-state index is 0.0862. The second-order valence-corrected chi connectivity index (χ2v) is 7.93. The van der Waals surface area contributed by atoms with Gasteiger partial charge in [-0.15, -0.1) is 0 Å². The van der Waals surface area contributed by atoms with Gasteiger partial charge in [-0.1, -0.05) is 12.1 Å². The van der Waals surface area contributed by atoms with E-state index in [-0.39, 0.29) is 36.3 Å². The van der Waals surface area contributed by atoms with Crippen molar-refractivity contribution in [2.45, 2.75) is 38.1 Å². The number of carbonyl (C=O) groups is 3. The summed E-state index contributed by atoms with van der Waals surface area (Å²) in [6.45, 7) is 0.502. The molecule has 32 heavy (non-hydrogen) atoms. The van der Waals surface area contributed by atoms with E-state index < -0.39 is 11.9 Å². The van der Waals surface area contributed by atoms with Crippen LogP contribution in [0, 0.1) is 5.82 Å². The van der Waals surface area contributed by atoms with E-state index in [4.69, 9.17) is 4.74 Å². The molecule has 0 radical (unpaired) electrons. The van der Waals surface area contributed by atoms with Crippen LogP contribution < -0.4 is 10.1 Å². The summed E-state index contributed by atoms with van der Waals surface area (Å²) in [4.78, 5) is 40.4. The van der Waals surface area contributed by atoms with Crippen LogP contribution in [0.25, 0.3) is 0 Å². The molecule has 7 nitrogen and oxygen atoms in total. The Labute approximate surface area is 187 Å². The maximum Gasteiger partial charge on any atom is 0.247 e. The van der Waals surface area contributed by atoms with Gasteiger partial charge in [0, 0.05) is 39.2 Å². The molecule has 170 valence electrons. The van der Waals surface area contributed by atoms with Crippen LogP contribution in [0.15, 0.2) is 48.5 Å². The molecule has 3 amide bonds. The van der Waals surface area contributed by atoms with Gasteiger partial charge in [0.25, 0.3) is 0 Å². The Bertz CT molecular complexity index is 962. The van der Waals surface area contributed by atoms with Crippen molar-refractivity contribution in [3.8, 4) is 11.5 Å². The van der Waals surface area contributed by atoms with E-state index in [1.807, 2.05) is 0 Å². The van der Waals surface area contributed by atoms with Crippen molar-refractivity contribution < 1.29 is 23.5 Å². The van der Waals surface area contributed by atoms with Gasteiger partial charge in [-0.25, -0.2) is 4.39 Å². The van der Waals surface area contributed by atoms with Crippen molar-refractivity contribution in [1.29, 1.82) is 0 Å². The monoisotopic (exact) mass is 441 g/mol. The number of hydrogen-bond acceptors (Lipinski definition) is 4. The van der Waals surface area contributed by atoms with Crippen LogP contribution >= 0.6 is 0 Å². The molecule has 0 bridgehead atoms. The Hall–Kier alpha value is -3.42. The molecule has 0 aliphatic carbocycles. The SMILES string of the molecule is CN(C)C(=O)CCC(=O)N1CCCC[C@@H]1C(=O)Nc1ccc(Oc2ccccc2F)cc1. The fraction of sp³-hybridized carbons (Fsp3) is 0.375. The average molecular weight is 442 g/mol. The van der Waals surface area contributed by atoms with Crippen LogP contribution in [0.4, 0.5) is 10.1 Å². The quantitative estimate of drug-likeness (QED) is 0.709. The van der Waals surface area contributed by atoms with Crippen molar-refractivity contribution in [3.63, 3.8) is 0 Å². The molecule has 1 aliphatic heterocycles. The van der Waals surface area contributed by atoms with Gasteiger partial charge in [-0.3, -0.25) is 14.4 Å². The maximum atomic E-state index is 13.7. The van der Waals surface area contributed by atoms with Crippen LogP contribution in [0.3, 0.4) is 0 Å². The van der Waals surface area contributed by atoms with Crippen molar-refractivity contribution in [1.82, 2.24) is 9.80 Å². The number of amides is 3. The number of benzene rings is 2. The summed E-state index contributed by atoms with van der Waals surface area (Å²) in [6, 6.07) is 12.2. The summed E-state index contributed by atoms with van der Waals surface area (Å²) in [5.41, 5.74) is 0.552. The van der Waals surface area contributed by atoms with Crippen LogP contribution in [-0.2, 0) is 14.4 Å². The molecule has 0 aromatic heterocycles. The van der Waals surface area contributed by atoms with Gasteiger partial charge in [0.2, 0.25) is 17.7 Å². The molecule has 3 rings (SSSR count). The number of rotatable bonds is 7. The van der Waals surface area contributed by atoms with Gasteiger partial charge in [-0.05, 0) is 55.7 Å². The Balaban J connectivity index is 1.60. The summed E-state index contributed by atoms with van der Waals surface area (Å²) in [6.07, 6.45) is 2.48. The van der Waals surface area contributed by atoms with E-state index in [1.165, 1.54) is 17.0 Å². The molecule has 1 aliphatic rings. The average Bonchev–Trinajstić information content (AvgIpc) is 2.79. The van der Waals surface area contributed by atoms with Crippen LogP contribution in [0.5, 0.6) is 11.5 Å². The molecule has 1 fully saturated rings. The normalized spacial score (nSPS) is 15.7. The minimum Gasteiger partial charge on any atom is -0.454 e. The molecule has 0 spiro atoms. The number of piperidine rings is 1. The number of nitrogens with zero attached hydrogens (tertiary/aromatic N) is 2. The second kappa shape index (κ2) is 10.7. The van der Waals surface area contributed by atoms with E-state index in [1.54, 1.807) is 55.4 Å². The standard InChI is InChI=1S/C24H28FN3O4/c1-27(2)22(29)14-15-23(30)28-16-6-5-8-20(28)24(31)26-17-10-12-18(13-11-17)32-21-9-4-3-7-19(21)25/h3-4,7,9-13,20H,5-6,8,14-16H2,1-2H3,(H,26,31)/t20-/m1/s1. The summed E-state index contributed by atoms with van der Waals surface area (Å²) < 4.78 is 19.3. The third-order valence-electron chi connectivity index (χ3n) is 5.36. The lowest BCUT2D eigenvalue weighted by atomic mass is 10.0. The van der Waals surface area contributed by atoms with E-state index in [2.05, 4.69) is 5.32 Å². The molecule has 1 heterocycles. The lowest BCUT2D eigenvalue weighted by molar-refractivity contribution is -0.142. The Morgan fingerprint density at radius 2 is 1.78 bits per heavy atom. The Morgan fingerprint density at radius 1 is 1.06 bits per heavy atom. The van der Waals surface area contributed by atoms with Gasteiger partial charge in [0.15, 0.2) is 11.6 Å². The highest BCUT2D eigenvalue weighted by Gasteiger charge is 2.32. The molecule has 0 unspecified atom stereocenters. The molecule has 0 saturated carbocycles. The summed E-state index contributed by atoms with van der Waals surface area (Å²) in [5.74, 6) is -0.469. The third-order valence-corrected chi connectivity index (χ3v) is 5.36. The van der Waals surface area contributed by atoms with Crippen molar-refractivity contribution in [2.24, 2.45) is 0 Å². The first-order chi connectivity index (χ1) is 15.3. The summed E-state index contributed by atoms with van der Waals surface area (Å²) in [7, 11) is 3.30. The van der Waals surface area contributed by atoms with Gasteiger partial charge in [0.05, 0.1) is 0 Å². The molecule has 2 aromatic rings. The summed E-state index contributed by atoms with van der Waals surface area (Å²) >= 11 is 0.